The average Bonchev–Trinajstić information content (AvgIpc) is 2.07. The average molecular weight is 183 g/mol. The third-order valence-electron chi connectivity index (χ3n) is 1.78. The predicted molar refractivity (Wildman–Crippen MR) is 53.2 cm³/mol. The standard InChI is InChI=1S/C8H11NO2.C2H6/c1-5-2-3-6(8(10)11)7(9)4-5;1-2/h4H,2-3,9H2,1H3,(H,10,11);1-2H3. The predicted octanol–water partition coefficient (Wildman–Crippen LogP) is 2.05. The Bertz CT molecular complexity index is 252. The molecule has 0 aliphatic heterocycles. The molecule has 0 saturated carbocycles. The molecule has 0 unspecified atom stereocenters. The van der Waals surface area contributed by atoms with Crippen LogP contribution in [0, 0.1) is 0 Å². The van der Waals surface area contributed by atoms with Gasteiger partial charge < -0.3 is 10.8 Å². The molecule has 3 N–H and O–H groups in total. The molecule has 13 heavy (non-hydrogen) atoms. The first-order valence-electron chi connectivity index (χ1n) is 4.50. The van der Waals surface area contributed by atoms with Gasteiger partial charge in [0.25, 0.3) is 0 Å². The number of hydrogen-bond donors (Lipinski definition) is 2. The minimum atomic E-state index is -0.897. The smallest absolute Gasteiger partial charge is 0.333 e. The fraction of sp³-hybridized carbons (Fsp3) is 0.500. The van der Waals surface area contributed by atoms with Gasteiger partial charge in [0.05, 0.1) is 5.57 Å². The van der Waals surface area contributed by atoms with Crippen LogP contribution >= 0.6 is 0 Å². The third kappa shape index (κ3) is 3.32. The monoisotopic (exact) mass is 183 g/mol. The van der Waals surface area contributed by atoms with Crippen molar-refractivity contribution < 1.29 is 9.90 Å². The highest BCUT2D eigenvalue weighted by Gasteiger charge is 2.14. The van der Waals surface area contributed by atoms with Crippen molar-refractivity contribution in [2.24, 2.45) is 5.73 Å². The molecule has 74 valence electrons. The van der Waals surface area contributed by atoms with Gasteiger partial charge in [-0.15, -0.1) is 0 Å². The first-order valence-corrected chi connectivity index (χ1v) is 4.50. The van der Waals surface area contributed by atoms with Gasteiger partial charge in [0.2, 0.25) is 0 Å². The minimum Gasteiger partial charge on any atom is -0.478 e. The number of hydrogen-bond acceptors (Lipinski definition) is 2. The number of rotatable bonds is 1. The molecule has 1 aliphatic carbocycles. The van der Waals surface area contributed by atoms with Gasteiger partial charge in [-0.1, -0.05) is 19.4 Å². The molecule has 0 spiro atoms. The molecule has 3 nitrogen and oxygen atoms in total. The van der Waals surface area contributed by atoms with E-state index in [1.807, 2.05) is 20.8 Å². The molecule has 1 aliphatic rings. The fourth-order valence-electron chi connectivity index (χ4n) is 1.12. The van der Waals surface area contributed by atoms with Crippen molar-refractivity contribution in [3.8, 4) is 0 Å². The minimum absolute atomic E-state index is 0.343. The molecule has 0 aromatic rings. The van der Waals surface area contributed by atoms with Crippen LogP contribution in [-0.4, -0.2) is 11.1 Å². The maximum atomic E-state index is 10.5. The summed E-state index contributed by atoms with van der Waals surface area (Å²) in [6, 6.07) is 0. The van der Waals surface area contributed by atoms with Crippen molar-refractivity contribution in [2.45, 2.75) is 33.6 Å². The Morgan fingerprint density at radius 2 is 2.00 bits per heavy atom. The highest BCUT2D eigenvalue weighted by Crippen LogP contribution is 2.20. The van der Waals surface area contributed by atoms with Crippen molar-refractivity contribution >= 4 is 5.97 Å². The van der Waals surface area contributed by atoms with Crippen LogP contribution in [-0.2, 0) is 4.79 Å². The summed E-state index contributed by atoms with van der Waals surface area (Å²) in [5.41, 5.74) is 7.39. The van der Waals surface area contributed by atoms with Crippen molar-refractivity contribution in [2.75, 3.05) is 0 Å². The Labute approximate surface area is 78.9 Å². The van der Waals surface area contributed by atoms with Gasteiger partial charge in [0.1, 0.15) is 0 Å². The molecule has 0 aromatic carbocycles. The van der Waals surface area contributed by atoms with Crippen LogP contribution in [0.2, 0.25) is 0 Å². The van der Waals surface area contributed by atoms with Gasteiger partial charge in [0.15, 0.2) is 0 Å². The quantitative estimate of drug-likeness (QED) is 0.654. The summed E-state index contributed by atoms with van der Waals surface area (Å²) >= 11 is 0. The number of carboxylic acid groups (broad SMARTS) is 1. The Kier molecular flexibility index (Phi) is 4.89. The SMILES string of the molecule is CC.CC1=CC(N)=C(C(=O)O)CC1. The second kappa shape index (κ2) is 5.41. The number of nitrogens with two attached hydrogens (primary N) is 1. The summed E-state index contributed by atoms with van der Waals surface area (Å²) in [5, 5.41) is 8.63. The molecule has 0 heterocycles. The van der Waals surface area contributed by atoms with Gasteiger partial charge in [-0.3, -0.25) is 0 Å². The molecule has 0 atom stereocenters. The van der Waals surface area contributed by atoms with Crippen molar-refractivity contribution in [3.05, 3.63) is 22.9 Å². The van der Waals surface area contributed by atoms with Crippen molar-refractivity contribution in [3.63, 3.8) is 0 Å². The zero-order valence-electron chi connectivity index (χ0n) is 8.42. The third-order valence-corrected chi connectivity index (χ3v) is 1.78. The van der Waals surface area contributed by atoms with E-state index in [0.717, 1.165) is 12.0 Å². The highest BCUT2D eigenvalue weighted by molar-refractivity contribution is 5.88. The van der Waals surface area contributed by atoms with E-state index in [1.165, 1.54) is 0 Å². The Morgan fingerprint density at radius 3 is 2.38 bits per heavy atom. The summed E-state index contributed by atoms with van der Waals surface area (Å²) in [7, 11) is 0. The molecule has 0 amide bonds. The van der Waals surface area contributed by atoms with Crippen LogP contribution in [0.3, 0.4) is 0 Å². The molecule has 0 fully saturated rings. The summed E-state index contributed by atoms with van der Waals surface area (Å²) < 4.78 is 0. The Hall–Kier alpha value is -1.25. The van der Waals surface area contributed by atoms with Crippen molar-refractivity contribution in [1.82, 2.24) is 0 Å². The van der Waals surface area contributed by atoms with Crippen molar-refractivity contribution in [1.29, 1.82) is 0 Å². The lowest BCUT2D eigenvalue weighted by atomic mass is 9.97. The van der Waals surface area contributed by atoms with E-state index in [0.29, 0.717) is 17.7 Å². The van der Waals surface area contributed by atoms with Crippen LogP contribution < -0.4 is 5.73 Å². The number of aliphatic carboxylic acids is 1. The molecular formula is C10H17NO2. The van der Waals surface area contributed by atoms with E-state index in [9.17, 15) is 4.79 Å². The maximum absolute atomic E-state index is 10.5. The normalized spacial score (nSPS) is 15.8. The van der Waals surface area contributed by atoms with E-state index in [4.69, 9.17) is 10.8 Å². The largest absolute Gasteiger partial charge is 0.478 e. The van der Waals surface area contributed by atoms with Crippen LogP contribution in [0.4, 0.5) is 0 Å². The number of carboxylic acids is 1. The highest BCUT2D eigenvalue weighted by atomic mass is 16.4. The topological polar surface area (TPSA) is 63.3 Å². The molecule has 0 aromatic heterocycles. The summed E-state index contributed by atoms with van der Waals surface area (Å²) in [6.07, 6.45) is 3.10. The zero-order chi connectivity index (χ0) is 10.4. The second-order valence-corrected chi connectivity index (χ2v) is 2.73. The lowest BCUT2D eigenvalue weighted by Gasteiger charge is -2.11. The van der Waals surface area contributed by atoms with E-state index in [2.05, 4.69) is 0 Å². The number of allylic oxidation sites excluding steroid dienone is 2. The van der Waals surface area contributed by atoms with Gasteiger partial charge in [-0.05, 0) is 25.8 Å². The molecule has 3 heteroatoms. The van der Waals surface area contributed by atoms with Crippen LogP contribution in [0.5, 0.6) is 0 Å². The molecule has 0 saturated heterocycles. The molecular weight excluding hydrogens is 166 g/mol. The van der Waals surface area contributed by atoms with Crippen LogP contribution in [0.25, 0.3) is 0 Å². The first-order chi connectivity index (χ1) is 6.11. The first kappa shape index (κ1) is 11.8. The van der Waals surface area contributed by atoms with E-state index in [-0.39, 0.29) is 0 Å². The summed E-state index contributed by atoms with van der Waals surface area (Å²) in [5.74, 6) is -0.897. The van der Waals surface area contributed by atoms with Gasteiger partial charge in [-0.25, -0.2) is 4.79 Å². The molecule has 1 rings (SSSR count). The fourth-order valence-corrected chi connectivity index (χ4v) is 1.12. The van der Waals surface area contributed by atoms with E-state index < -0.39 is 5.97 Å². The van der Waals surface area contributed by atoms with Gasteiger partial charge in [-0.2, -0.15) is 0 Å². The van der Waals surface area contributed by atoms with Gasteiger partial charge in [0, 0.05) is 5.70 Å². The maximum Gasteiger partial charge on any atom is 0.333 e. The van der Waals surface area contributed by atoms with Crippen LogP contribution in [0.15, 0.2) is 22.9 Å². The lowest BCUT2D eigenvalue weighted by molar-refractivity contribution is -0.132. The molecule has 0 radical (unpaired) electrons. The zero-order valence-corrected chi connectivity index (χ0v) is 8.42. The van der Waals surface area contributed by atoms with E-state index >= 15 is 0 Å². The van der Waals surface area contributed by atoms with Crippen LogP contribution in [0.1, 0.15) is 33.6 Å². The second-order valence-electron chi connectivity index (χ2n) is 2.73. The van der Waals surface area contributed by atoms with Gasteiger partial charge >= 0.3 is 5.97 Å². The summed E-state index contributed by atoms with van der Waals surface area (Å²) in [4.78, 5) is 10.5. The Morgan fingerprint density at radius 1 is 1.46 bits per heavy atom. The number of carbonyl (C=O) groups is 1. The summed E-state index contributed by atoms with van der Waals surface area (Å²) in [6.45, 7) is 5.95. The Balaban J connectivity index is 0.000000671. The molecule has 0 bridgehead atoms. The lowest BCUT2D eigenvalue weighted by Crippen LogP contribution is -2.12. The van der Waals surface area contributed by atoms with E-state index in [1.54, 1.807) is 6.08 Å².